The van der Waals surface area contributed by atoms with Crippen LogP contribution in [0, 0.1) is 5.92 Å². The Kier molecular flexibility index (Phi) is 8.75. The van der Waals surface area contributed by atoms with Gasteiger partial charge in [0.1, 0.15) is 18.2 Å². The largest absolute Gasteiger partial charge is 0.410 e. The molecular formula is C24H44N2O5Si. The molecule has 2 saturated heterocycles. The Hall–Kier alpha value is -1.22. The smallest absolute Gasteiger partial charge is 0.242 e. The second-order valence-corrected chi connectivity index (χ2v) is 15.8. The van der Waals surface area contributed by atoms with E-state index < -0.39 is 38.3 Å². The molecule has 184 valence electrons. The first-order valence-electron chi connectivity index (χ1n) is 12.0. The summed E-state index contributed by atoms with van der Waals surface area (Å²) in [6, 6.07) is -0.514. The SMILES string of the molecule is C=C[C@H]1OC(C)(C)O[C@@H]1[C@@H](O[Si](C)(C)C(C)(C)C)[C@H](CC)C(=O)N[C@H]1CCCCNC1=O. The molecule has 2 aliphatic rings. The highest BCUT2D eigenvalue weighted by atomic mass is 28.4. The fourth-order valence-electron chi connectivity index (χ4n) is 4.07. The van der Waals surface area contributed by atoms with Crippen molar-refractivity contribution in [1.29, 1.82) is 0 Å². The van der Waals surface area contributed by atoms with Crippen molar-refractivity contribution in [2.45, 2.75) is 115 Å². The normalized spacial score (nSPS) is 28.4. The lowest BCUT2D eigenvalue weighted by atomic mass is 9.91. The van der Waals surface area contributed by atoms with Gasteiger partial charge in [-0.15, -0.1) is 6.58 Å². The van der Waals surface area contributed by atoms with Gasteiger partial charge in [-0.05, 0) is 57.7 Å². The Labute approximate surface area is 195 Å². The summed E-state index contributed by atoms with van der Waals surface area (Å²) < 4.78 is 19.2. The van der Waals surface area contributed by atoms with Crippen LogP contribution in [0.3, 0.4) is 0 Å². The van der Waals surface area contributed by atoms with Crippen LogP contribution in [0.2, 0.25) is 18.1 Å². The summed E-state index contributed by atoms with van der Waals surface area (Å²) in [6.45, 7) is 21.2. The third-order valence-electron chi connectivity index (χ3n) is 6.98. The van der Waals surface area contributed by atoms with Gasteiger partial charge in [0.25, 0.3) is 0 Å². The zero-order valence-electron chi connectivity index (χ0n) is 21.2. The number of carbonyl (C=O) groups excluding carboxylic acids is 2. The van der Waals surface area contributed by atoms with Gasteiger partial charge in [0, 0.05) is 6.54 Å². The molecule has 0 radical (unpaired) electrons. The number of rotatable bonds is 8. The van der Waals surface area contributed by atoms with Crippen molar-refractivity contribution in [2.24, 2.45) is 5.92 Å². The summed E-state index contributed by atoms with van der Waals surface area (Å²) in [7, 11) is -2.25. The Morgan fingerprint density at radius 2 is 2.00 bits per heavy atom. The van der Waals surface area contributed by atoms with Crippen molar-refractivity contribution in [2.75, 3.05) is 6.54 Å². The molecule has 2 rings (SSSR count). The molecule has 0 aromatic rings. The van der Waals surface area contributed by atoms with Gasteiger partial charge < -0.3 is 24.5 Å². The molecule has 0 aromatic carbocycles. The molecule has 2 fully saturated rings. The van der Waals surface area contributed by atoms with E-state index in [4.69, 9.17) is 13.9 Å². The molecule has 2 heterocycles. The van der Waals surface area contributed by atoms with Crippen LogP contribution in [-0.4, -0.2) is 56.8 Å². The van der Waals surface area contributed by atoms with Crippen LogP contribution in [0.15, 0.2) is 12.7 Å². The summed E-state index contributed by atoms with van der Waals surface area (Å²) in [5, 5.41) is 5.85. The van der Waals surface area contributed by atoms with Crippen molar-refractivity contribution in [3.63, 3.8) is 0 Å². The molecule has 2 N–H and O–H groups in total. The fraction of sp³-hybridized carbons (Fsp3) is 0.833. The van der Waals surface area contributed by atoms with Gasteiger partial charge in [0.15, 0.2) is 14.1 Å². The number of hydrogen-bond acceptors (Lipinski definition) is 5. The van der Waals surface area contributed by atoms with Gasteiger partial charge >= 0.3 is 0 Å². The fourth-order valence-corrected chi connectivity index (χ4v) is 5.40. The second-order valence-electron chi connectivity index (χ2n) is 11.0. The third-order valence-corrected chi connectivity index (χ3v) is 11.5. The molecule has 0 unspecified atom stereocenters. The molecule has 0 spiro atoms. The first kappa shape index (κ1) is 27.0. The van der Waals surface area contributed by atoms with Crippen LogP contribution in [0.4, 0.5) is 0 Å². The molecule has 0 saturated carbocycles. The Bertz CT molecular complexity index is 688. The quantitative estimate of drug-likeness (QED) is 0.417. The molecule has 0 aromatic heterocycles. The van der Waals surface area contributed by atoms with Crippen LogP contribution >= 0.6 is 0 Å². The molecule has 7 nitrogen and oxygen atoms in total. The van der Waals surface area contributed by atoms with Crippen LogP contribution in [0.1, 0.15) is 67.2 Å². The van der Waals surface area contributed by atoms with E-state index in [1.807, 2.05) is 20.8 Å². The van der Waals surface area contributed by atoms with E-state index in [-0.39, 0.29) is 23.0 Å². The van der Waals surface area contributed by atoms with Crippen LogP contribution in [-0.2, 0) is 23.5 Å². The number of carbonyl (C=O) groups is 2. The Morgan fingerprint density at radius 3 is 2.56 bits per heavy atom. The predicted octanol–water partition coefficient (Wildman–Crippen LogP) is 3.89. The maximum absolute atomic E-state index is 13.5. The molecule has 32 heavy (non-hydrogen) atoms. The van der Waals surface area contributed by atoms with Gasteiger partial charge in [-0.2, -0.15) is 0 Å². The minimum Gasteiger partial charge on any atom is -0.410 e. The average Bonchev–Trinajstić information content (AvgIpc) is 2.85. The van der Waals surface area contributed by atoms with Crippen molar-refractivity contribution in [3.8, 4) is 0 Å². The lowest BCUT2D eigenvalue weighted by Gasteiger charge is -2.43. The topological polar surface area (TPSA) is 85.9 Å². The van der Waals surface area contributed by atoms with Crippen molar-refractivity contribution in [3.05, 3.63) is 12.7 Å². The standard InChI is InChI=1S/C24H44N2O5Si/c1-10-16(21(27)26-17-14-12-13-15-25-22(17)28)19(31-32(8,9)23(3,4)5)20-18(11-2)29-24(6,7)30-20/h11,16-20H,2,10,12-15H2,1,3-9H3,(H,25,28)(H,26,27)/t16-,17-,18+,19-,20-/m0/s1. The second kappa shape index (κ2) is 10.4. The Balaban J connectivity index is 2.35. The van der Waals surface area contributed by atoms with Crippen LogP contribution < -0.4 is 10.6 Å². The summed E-state index contributed by atoms with van der Waals surface area (Å²) in [4.78, 5) is 25.9. The number of nitrogens with one attached hydrogen (secondary N) is 2. The third kappa shape index (κ3) is 6.43. The molecule has 5 atom stereocenters. The van der Waals surface area contributed by atoms with E-state index in [0.29, 0.717) is 19.4 Å². The zero-order valence-corrected chi connectivity index (χ0v) is 22.2. The van der Waals surface area contributed by atoms with Crippen LogP contribution in [0.25, 0.3) is 0 Å². The molecule has 8 heteroatoms. The van der Waals surface area contributed by atoms with Gasteiger partial charge in [-0.3, -0.25) is 9.59 Å². The molecular weight excluding hydrogens is 424 g/mol. The number of ether oxygens (including phenoxy) is 2. The van der Waals surface area contributed by atoms with E-state index >= 15 is 0 Å². The minimum atomic E-state index is -2.25. The maximum atomic E-state index is 13.5. The van der Waals surface area contributed by atoms with Gasteiger partial charge in [0.2, 0.25) is 11.8 Å². The summed E-state index contributed by atoms with van der Waals surface area (Å²) >= 11 is 0. The number of amides is 2. The predicted molar refractivity (Wildman–Crippen MR) is 129 cm³/mol. The van der Waals surface area contributed by atoms with E-state index in [0.717, 1.165) is 12.8 Å². The summed E-state index contributed by atoms with van der Waals surface area (Å²) in [5.41, 5.74) is 0. The lowest BCUT2D eigenvalue weighted by molar-refractivity contribution is -0.159. The summed E-state index contributed by atoms with van der Waals surface area (Å²) in [5.74, 6) is -1.56. The Morgan fingerprint density at radius 1 is 1.34 bits per heavy atom. The van der Waals surface area contributed by atoms with Crippen molar-refractivity contribution in [1.82, 2.24) is 10.6 Å². The maximum Gasteiger partial charge on any atom is 0.242 e. The van der Waals surface area contributed by atoms with E-state index in [2.05, 4.69) is 51.1 Å². The summed E-state index contributed by atoms with van der Waals surface area (Å²) in [6.07, 6.45) is 3.39. The van der Waals surface area contributed by atoms with E-state index in [9.17, 15) is 9.59 Å². The molecule has 0 aliphatic carbocycles. The van der Waals surface area contributed by atoms with Gasteiger partial charge in [0.05, 0.1) is 12.0 Å². The van der Waals surface area contributed by atoms with Crippen molar-refractivity contribution < 1.29 is 23.5 Å². The van der Waals surface area contributed by atoms with Crippen LogP contribution in [0.5, 0.6) is 0 Å². The molecule has 2 aliphatic heterocycles. The highest BCUT2D eigenvalue weighted by Gasteiger charge is 2.51. The molecule has 0 bridgehead atoms. The minimum absolute atomic E-state index is 0.0418. The highest BCUT2D eigenvalue weighted by molar-refractivity contribution is 6.74. The van der Waals surface area contributed by atoms with Gasteiger partial charge in [-0.25, -0.2) is 0 Å². The first-order valence-corrected chi connectivity index (χ1v) is 14.9. The zero-order chi connectivity index (χ0) is 24.3. The van der Waals surface area contributed by atoms with E-state index in [1.165, 1.54) is 0 Å². The lowest BCUT2D eigenvalue weighted by Crippen LogP contribution is -2.56. The first-order chi connectivity index (χ1) is 14.7. The van der Waals surface area contributed by atoms with Gasteiger partial charge in [-0.1, -0.05) is 33.8 Å². The highest BCUT2D eigenvalue weighted by Crippen LogP contribution is 2.42. The number of hydrogen-bond donors (Lipinski definition) is 2. The monoisotopic (exact) mass is 468 g/mol. The van der Waals surface area contributed by atoms with Crippen molar-refractivity contribution >= 4 is 20.1 Å². The van der Waals surface area contributed by atoms with E-state index in [1.54, 1.807) is 6.08 Å². The average molecular weight is 469 g/mol. The molecule has 2 amide bonds.